The van der Waals surface area contributed by atoms with Crippen molar-refractivity contribution in [3.8, 4) is 0 Å². The monoisotopic (exact) mass is 493 g/mol. The van der Waals surface area contributed by atoms with Gasteiger partial charge in [0.1, 0.15) is 5.82 Å². The fraction of sp³-hybridized carbons (Fsp3) is 0.667. The van der Waals surface area contributed by atoms with Crippen LogP contribution in [0.5, 0.6) is 0 Å². The largest absolute Gasteiger partial charge is 0.375 e. The topological polar surface area (TPSA) is 61.8 Å². The van der Waals surface area contributed by atoms with E-state index in [-0.39, 0.29) is 34.8 Å². The van der Waals surface area contributed by atoms with Gasteiger partial charge < -0.3 is 20.3 Å². The summed E-state index contributed by atoms with van der Waals surface area (Å²) in [7, 11) is 1.79. The number of aliphatic imine (C=N–C) groups is 1. The molecule has 148 valence electrons. The highest BCUT2D eigenvalue weighted by molar-refractivity contribution is 14.0. The number of pyridine rings is 1. The van der Waals surface area contributed by atoms with Crippen LogP contribution in [0.15, 0.2) is 23.3 Å². The van der Waals surface area contributed by atoms with E-state index in [0.717, 1.165) is 43.6 Å². The van der Waals surface area contributed by atoms with E-state index in [0.29, 0.717) is 6.54 Å². The molecule has 0 aromatic carbocycles. The molecular weight excluding hydrogens is 461 g/mol. The minimum absolute atomic E-state index is 0. The van der Waals surface area contributed by atoms with E-state index >= 15 is 0 Å². The number of hydrogen-bond acceptors (Lipinski definition) is 5. The Morgan fingerprint density at radius 1 is 1.42 bits per heavy atom. The lowest BCUT2D eigenvalue weighted by Crippen LogP contribution is -2.43. The predicted molar refractivity (Wildman–Crippen MR) is 123 cm³/mol. The molecule has 1 aliphatic rings. The zero-order valence-corrected chi connectivity index (χ0v) is 19.6. The molecule has 6 nitrogen and oxygen atoms in total. The van der Waals surface area contributed by atoms with Crippen LogP contribution < -0.4 is 15.5 Å². The second-order valence-electron chi connectivity index (χ2n) is 6.90. The van der Waals surface area contributed by atoms with Crippen LogP contribution in [0.3, 0.4) is 0 Å². The van der Waals surface area contributed by atoms with Crippen LogP contribution in [0, 0.1) is 0 Å². The Kier molecular flexibility index (Phi) is 10.0. The van der Waals surface area contributed by atoms with Gasteiger partial charge in [-0.25, -0.2) is 4.98 Å². The first-order chi connectivity index (χ1) is 11.9. The number of thioether (sulfide) groups is 1. The maximum absolute atomic E-state index is 5.58. The lowest BCUT2D eigenvalue weighted by Gasteiger charge is -2.32. The van der Waals surface area contributed by atoms with E-state index in [1.54, 1.807) is 7.05 Å². The smallest absolute Gasteiger partial charge is 0.191 e. The van der Waals surface area contributed by atoms with Crippen molar-refractivity contribution in [3.63, 3.8) is 0 Å². The van der Waals surface area contributed by atoms with Gasteiger partial charge in [-0.05, 0) is 38.7 Å². The molecule has 1 aliphatic heterocycles. The molecule has 0 radical (unpaired) electrons. The van der Waals surface area contributed by atoms with Crippen LogP contribution in [0.4, 0.5) is 5.82 Å². The lowest BCUT2D eigenvalue weighted by molar-refractivity contribution is 0.0529. The number of halogens is 1. The SMILES string of the molecule is CN=C(NCc1ccc(N2CCOC(C)C2)nc1)NCC(C)(C)SC.I. The number of hydrogen-bond donors (Lipinski definition) is 2. The third-order valence-electron chi connectivity index (χ3n) is 4.29. The van der Waals surface area contributed by atoms with Gasteiger partial charge in [-0.3, -0.25) is 4.99 Å². The molecule has 8 heteroatoms. The summed E-state index contributed by atoms with van der Waals surface area (Å²) in [6.07, 6.45) is 4.32. The second kappa shape index (κ2) is 11.2. The standard InChI is InChI=1S/C18H31N5OS.HI/c1-14-12-23(8-9-24-14)16-7-6-15(10-20-16)11-21-17(19-4)22-13-18(2,3)25-5;/h6-7,10,14H,8-9,11-13H2,1-5H3,(H2,19,21,22);1H. The summed E-state index contributed by atoms with van der Waals surface area (Å²) >= 11 is 1.84. The summed E-state index contributed by atoms with van der Waals surface area (Å²) in [4.78, 5) is 11.2. The highest BCUT2D eigenvalue weighted by atomic mass is 127. The first-order valence-electron chi connectivity index (χ1n) is 8.74. The van der Waals surface area contributed by atoms with Crippen molar-refractivity contribution < 1.29 is 4.74 Å². The molecule has 1 fully saturated rings. The average molecular weight is 493 g/mol. The molecule has 1 atom stereocenters. The Morgan fingerprint density at radius 2 is 2.19 bits per heavy atom. The van der Waals surface area contributed by atoms with Crippen molar-refractivity contribution in [2.24, 2.45) is 4.99 Å². The molecule has 1 unspecified atom stereocenters. The van der Waals surface area contributed by atoms with Gasteiger partial charge in [-0.15, -0.1) is 24.0 Å². The molecule has 0 bridgehead atoms. The Hall–Kier alpha value is -0.740. The van der Waals surface area contributed by atoms with Crippen molar-refractivity contribution in [2.75, 3.05) is 44.4 Å². The van der Waals surface area contributed by atoms with E-state index < -0.39 is 0 Å². The van der Waals surface area contributed by atoms with Crippen LogP contribution >= 0.6 is 35.7 Å². The normalized spacial score (nSPS) is 18.3. The van der Waals surface area contributed by atoms with Gasteiger partial charge in [0.25, 0.3) is 0 Å². The van der Waals surface area contributed by atoms with Crippen LogP contribution in [0.1, 0.15) is 26.3 Å². The summed E-state index contributed by atoms with van der Waals surface area (Å²) in [5, 5.41) is 6.72. The van der Waals surface area contributed by atoms with Gasteiger partial charge in [0.05, 0.1) is 12.7 Å². The van der Waals surface area contributed by atoms with Crippen LogP contribution in [0.2, 0.25) is 0 Å². The summed E-state index contributed by atoms with van der Waals surface area (Å²) in [6.45, 7) is 10.7. The lowest BCUT2D eigenvalue weighted by atomic mass is 10.2. The van der Waals surface area contributed by atoms with Gasteiger partial charge in [-0.2, -0.15) is 11.8 Å². The number of guanidine groups is 1. The highest BCUT2D eigenvalue weighted by Crippen LogP contribution is 2.19. The average Bonchev–Trinajstić information content (AvgIpc) is 2.62. The Balaban J connectivity index is 0.00000338. The quantitative estimate of drug-likeness (QED) is 0.361. The van der Waals surface area contributed by atoms with Crippen LogP contribution in [0.25, 0.3) is 0 Å². The Morgan fingerprint density at radius 3 is 2.77 bits per heavy atom. The van der Waals surface area contributed by atoms with E-state index in [2.05, 4.69) is 64.7 Å². The van der Waals surface area contributed by atoms with Crippen molar-refractivity contribution in [3.05, 3.63) is 23.9 Å². The fourth-order valence-electron chi connectivity index (χ4n) is 2.51. The molecule has 0 saturated carbocycles. The number of nitrogens with one attached hydrogen (secondary N) is 2. The third-order valence-corrected chi connectivity index (χ3v) is 5.54. The minimum atomic E-state index is 0. The number of anilines is 1. The molecular formula is C18H32IN5OS. The highest BCUT2D eigenvalue weighted by Gasteiger charge is 2.18. The van der Waals surface area contributed by atoms with Crippen molar-refractivity contribution in [1.82, 2.24) is 15.6 Å². The van der Waals surface area contributed by atoms with E-state index in [1.807, 2.05) is 18.0 Å². The number of aromatic nitrogens is 1. The second-order valence-corrected chi connectivity index (χ2v) is 8.41. The van der Waals surface area contributed by atoms with Crippen molar-refractivity contribution >= 4 is 47.5 Å². The van der Waals surface area contributed by atoms with E-state index in [9.17, 15) is 0 Å². The molecule has 1 aromatic rings. The molecule has 1 aromatic heterocycles. The maximum Gasteiger partial charge on any atom is 0.191 e. The van der Waals surface area contributed by atoms with Crippen LogP contribution in [-0.2, 0) is 11.3 Å². The summed E-state index contributed by atoms with van der Waals surface area (Å²) in [6, 6.07) is 4.21. The number of nitrogens with zero attached hydrogens (tertiary/aromatic N) is 3. The van der Waals surface area contributed by atoms with Crippen LogP contribution in [-0.4, -0.2) is 61.3 Å². The summed E-state index contributed by atoms with van der Waals surface area (Å²) in [5.74, 6) is 1.83. The molecule has 2 N–H and O–H groups in total. The first-order valence-corrected chi connectivity index (χ1v) is 9.97. The Bertz CT molecular complexity index is 567. The fourth-order valence-corrected chi connectivity index (χ4v) is 2.73. The molecule has 1 saturated heterocycles. The first kappa shape index (κ1) is 23.3. The molecule has 0 amide bonds. The van der Waals surface area contributed by atoms with Crippen molar-refractivity contribution in [1.29, 1.82) is 0 Å². The molecule has 2 rings (SSSR count). The minimum Gasteiger partial charge on any atom is -0.375 e. The third kappa shape index (κ3) is 7.48. The van der Waals surface area contributed by atoms with Gasteiger partial charge in [0.2, 0.25) is 0 Å². The molecule has 26 heavy (non-hydrogen) atoms. The van der Waals surface area contributed by atoms with E-state index in [4.69, 9.17) is 4.74 Å². The van der Waals surface area contributed by atoms with Gasteiger partial charge in [0, 0.05) is 44.2 Å². The zero-order chi connectivity index (χ0) is 18.3. The summed E-state index contributed by atoms with van der Waals surface area (Å²) < 4.78 is 5.76. The summed E-state index contributed by atoms with van der Waals surface area (Å²) in [5.41, 5.74) is 1.14. The number of morpholine rings is 1. The number of rotatable bonds is 6. The van der Waals surface area contributed by atoms with Gasteiger partial charge in [0.15, 0.2) is 5.96 Å². The molecule has 2 heterocycles. The van der Waals surface area contributed by atoms with E-state index in [1.165, 1.54) is 0 Å². The number of ether oxygens (including phenoxy) is 1. The van der Waals surface area contributed by atoms with Gasteiger partial charge in [-0.1, -0.05) is 6.07 Å². The van der Waals surface area contributed by atoms with Gasteiger partial charge >= 0.3 is 0 Å². The zero-order valence-electron chi connectivity index (χ0n) is 16.4. The predicted octanol–water partition coefficient (Wildman–Crippen LogP) is 2.73. The Labute approximate surface area is 179 Å². The molecule has 0 spiro atoms. The van der Waals surface area contributed by atoms with Crippen molar-refractivity contribution in [2.45, 2.75) is 38.2 Å². The maximum atomic E-state index is 5.58. The molecule has 0 aliphatic carbocycles.